The van der Waals surface area contributed by atoms with Gasteiger partial charge >= 0.3 is 7.12 Å². The van der Waals surface area contributed by atoms with Gasteiger partial charge in [0.2, 0.25) is 0 Å². The third-order valence-corrected chi connectivity index (χ3v) is 8.23. The molecule has 2 aromatic heterocycles. The number of hydrogen-bond donors (Lipinski definition) is 2. The molecule has 1 aliphatic carbocycles. The van der Waals surface area contributed by atoms with Gasteiger partial charge in [-0.2, -0.15) is 0 Å². The average molecular weight is 419 g/mol. The molecule has 7 heteroatoms. The summed E-state index contributed by atoms with van der Waals surface area (Å²) in [5.41, 5.74) is 4.17. The van der Waals surface area contributed by atoms with Gasteiger partial charge in [-0.3, -0.25) is 0 Å². The van der Waals surface area contributed by atoms with Crippen LogP contribution >= 0.6 is 11.9 Å². The molecule has 2 aliphatic heterocycles. The van der Waals surface area contributed by atoms with Crippen LogP contribution in [0.15, 0.2) is 47.6 Å². The zero-order valence-electron chi connectivity index (χ0n) is 17.4. The van der Waals surface area contributed by atoms with Gasteiger partial charge < -0.3 is 14.7 Å². The van der Waals surface area contributed by atoms with Crippen LogP contribution in [0.25, 0.3) is 11.0 Å². The number of pyridine rings is 1. The summed E-state index contributed by atoms with van der Waals surface area (Å²) in [6.45, 7) is 6.63. The third-order valence-electron chi connectivity index (χ3n) is 7.18. The van der Waals surface area contributed by atoms with E-state index in [1.165, 1.54) is 16.9 Å². The van der Waals surface area contributed by atoms with Crippen LogP contribution in [0.5, 0.6) is 0 Å². The van der Waals surface area contributed by atoms with Gasteiger partial charge in [0.05, 0.1) is 5.60 Å². The highest BCUT2D eigenvalue weighted by molar-refractivity contribution is 7.97. The topological polar surface area (TPSA) is 61.4 Å². The maximum Gasteiger partial charge on any atom is 0.493 e. The standard InChI is InChI=1S/C23H26BN3O2S/c1-15(2)16-3-5-17(6-4-16)30-27-10-8-22(14-27)12-23(13-22)20-18-7-9-25-21(18)26-11-19(20)24(28)29-23/h3-7,9,11,15,28H,8,10,12-14H2,1-2H3,(H,25,26). The Labute approximate surface area is 181 Å². The first-order chi connectivity index (χ1) is 14.5. The number of fused-ring (bicyclic) bond motifs is 4. The van der Waals surface area contributed by atoms with Crippen LogP contribution in [0.1, 0.15) is 50.2 Å². The number of hydrogen-bond acceptors (Lipinski definition) is 5. The van der Waals surface area contributed by atoms with Gasteiger partial charge in [-0.05, 0) is 71.9 Å². The Morgan fingerprint density at radius 2 is 2.03 bits per heavy atom. The van der Waals surface area contributed by atoms with Crippen molar-refractivity contribution in [2.24, 2.45) is 5.41 Å². The monoisotopic (exact) mass is 419 g/mol. The second-order valence-corrected chi connectivity index (χ2v) is 10.7. The van der Waals surface area contributed by atoms with Crippen LogP contribution in [0, 0.1) is 5.41 Å². The van der Waals surface area contributed by atoms with Crippen LogP contribution in [-0.2, 0) is 10.3 Å². The zero-order chi connectivity index (χ0) is 20.5. The van der Waals surface area contributed by atoms with E-state index in [1.807, 2.05) is 18.1 Å². The molecular weight excluding hydrogens is 393 g/mol. The van der Waals surface area contributed by atoms with Crippen molar-refractivity contribution in [2.45, 2.75) is 49.5 Å². The van der Waals surface area contributed by atoms with Gasteiger partial charge in [0.25, 0.3) is 0 Å². The number of nitrogens with zero attached hydrogens (tertiary/aromatic N) is 2. The lowest BCUT2D eigenvalue weighted by atomic mass is 9.56. The Balaban J connectivity index is 1.19. The Bertz CT molecular complexity index is 1110. The summed E-state index contributed by atoms with van der Waals surface area (Å²) in [7, 11) is -0.865. The number of nitrogens with one attached hydrogen (secondary N) is 1. The van der Waals surface area contributed by atoms with E-state index in [0.29, 0.717) is 5.92 Å². The first kappa shape index (κ1) is 18.9. The van der Waals surface area contributed by atoms with Crippen molar-refractivity contribution in [3.63, 3.8) is 0 Å². The lowest BCUT2D eigenvalue weighted by molar-refractivity contribution is -0.108. The predicted octanol–water partition coefficient (Wildman–Crippen LogP) is 3.79. The second-order valence-electron chi connectivity index (χ2n) is 9.58. The zero-order valence-corrected chi connectivity index (χ0v) is 18.2. The van der Waals surface area contributed by atoms with E-state index < -0.39 is 7.12 Å². The molecule has 2 N–H and O–H groups in total. The first-order valence-corrected chi connectivity index (χ1v) is 11.6. The van der Waals surface area contributed by atoms with Gasteiger partial charge in [-0.25, -0.2) is 9.29 Å². The van der Waals surface area contributed by atoms with Crippen molar-refractivity contribution in [2.75, 3.05) is 13.1 Å². The molecule has 5 nitrogen and oxygen atoms in total. The first-order valence-electron chi connectivity index (χ1n) is 10.8. The normalized spacial score (nSPS) is 28.2. The van der Waals surface area contributed by atoms with E-state index in [-0.39, 0.29) is 11.0 Å². The largest absolute Gasteiger partial charge is 0.493 e. The molecule has 3 aromatic rings. The number of H-pyrrole nitrogens is 1. The van der Waals surface area contributed by atoms with E-state index in [4.69, 9.17) is 4.65 Å². The van der Waals surface area contributed by atoms with Crippen LogP contribution < -0.4 is 5.46 Å². The van der Waals surface area contributed by atoms with Crippen LogP contribution in [0.4, 0.5) is 0 Å². The van der Waals surface area contributed by atoms with Gasteiger partial charge in [-0.15, -0.1) is 0 Å². The lowest BCUT2D eigenvalue weighted by Gasteiger charge is -2.53. The molecule has 6 rings (SSSR count). The Morgan fingerprint density at radius 1 is 1.23 bits per heavy atom. The smallest absolute Gasteiger partial charge is 0.423 e. The Kier molecular flexibility index (Phi) is 4.16. The summed E-state index contributed by atoms with van der Waals surface area (Å²) in [4.78, 5) is 8.95. The van der Waals surface area contributed by atoms with Crippen molar-refractivity contribution in [3.05, 3.63) is 53.9 Å². The molecule has 2 spiro atoms. The molecule has 0 atom stereocenters. The molecule has 0 bridgehead atoms. The summed E-state index contributed by atoms with van der Waals surface area (Å²) in [6.07, 6.45) is 6.82. The molecule has 1 saturated heterocycles. The molecule has 4 heterocycles. The van der Waals surface area contributed by atoms with Crippen LogP contribution in [-0.4, -0.2) is 39.5 Å². The van der Waals surface area contributed by atoms with E-state index in [2.05, 4.69) is 58.5 Å². The van der Waals surface area contributed by atoms with E-state index >= 15 is 0 Å². The quantitative estimate of drug-likeness (QED) is 0.500. The van der Waals surface area contributed by atoms with Crippen molar-refractivity contribution in [1.29, 1.82) is 0 Å². The molecule has 2 fully saturated rings. The fraction of sp³-hybridized carbons (Fsp3) is 0.435. The molecule has 0 unspecified atom stereocenters. The van der Waals surface area contributed by atoms with E-state index in [1.54, 1.807) is 6.20 Å². The SMILES string of the molecule is CC(C)c1ccc(SN2CCC3(C2)CC2(C3)OB(O)c3cnc4[nH]ccc4c32)cc1. The summed E-state index contributed by atoms with van der Waals surface area (Å²) >= 11 is 1.87. The number of benzene rings is 1. The van der Waals surface area contributed by atoms with Crippen molar-refractivity contribution in [3.8, 4) is 0 Å². The molecule has 1 aromatic carbocycles. The number of aromatic nitrogens is 2. The van der Waals surface area contributed by atoms with Gasteiger partial charge in [0, 0.05) is 41.2 Å². The molecule has 1 saturated carbocycles. The lowest BCUT2D eigenvalue weighted by Crippen LogP contribution is -2.51. The highest BCUT2D eigenvalue weighted by Gasteiger charge is 2.63. The highest BCUT2D eigenvalue weighted by atomic mass is 32.2. The minimum absolute atomic E-state index is 0.276. The Morgan fingerprint density at radius 3 is 2.80 bits per heavy atom. The van der Waals surface area contributed by atoms with E-state index in [9.17, 15) is 5.02 Å². The predicted molar refractivity (Wildman–Crippen MR) is 121 cm³/mol. The average Bonchev–Trinajstić information content (AvgIpc) is 3.39. The van der Waals surface area contributed by atoms with Gasteiger partial charge in [0.15, 0.2) is 0 Å². The summed E-state index contributed by atoms with van der Waals surface area (Å²) in [5, 5.41) is 11.6. The summed E-state index contributed by atoms with van der Waals surface area (Å²) < 4.78 is 8.69. The highest BCUT2D eigenvalue weighted by Crippen LogP contribution is 2.63. The maximum absolute atomic E-state index is 10.5. The van der Waals surface area contributed by atoms with Crippen LogP contribution in [0.3, 0.4) is 0 Å². The van der Waals surface area contributed by atoms with Crippen molar-refractivity contribution >= 4 is 35.6 Å². The van der Waals surface area contributed by atoms with Gasteiger partial charge in [-0.1, -0.05) is 26.0 Å². The second kappa shape index (κ2) is 6.60. The molecule has 30 heavy (non-hydrogen) atoms. The maximum atomic E-state index is 10.5. The fourth-order valence-corrected chi connectivity index (χ4v) is 6.88. The number of rotatable bonds is 3. The van der Waals surface area contributed by atoms with Crippen molar-refractivity contribution < 1.29 is 9.68 Å². The van der Waals surface area contributed by atoms with Gasteiger partial charge in [0.1, 0.15) is 5.65 Å². The molecule has 3 aliphatic rings. The number of aromatic amines is 1. The van der Waals surface area contributed by atoms with Crippen molar-refractivity contribution in [1.82, 2.24) is 14.3 Å². The van der Waals surface area contributed by atoms with E-state index in [0.717, 1.165) is 48.0 Å². The Hall–Kier alpha value is -1.80. The summed E-state index contributed by atoms with van der Waals surface area (Å²) in [6, 6.07) is 11.0. The molecule has 154 valence electrons. The molecular formula is C23H26BN3O2S. The molecule has 0 amide bonds. The summed E-state index contributed by atoms with van der Waals surface area (Å²) in [5.74, 6) is 0.566. The minimum atomic E-state index is -0.865. The van der Waals surface area contributed by atoms with Crippen LogP contribution in [0.2, 0.25) is 0 Å². The fourth-order valence-electron chi connectivity index (χ4n) is 5.80. The minimum Gasteiger partial charge on any atom is -0.423 e. The molecule has 0 radical (unpaired) electrons. The third kappa shape index (κ3) is 2.79.